The van der Waals surface area contributed by atoms with E-state index < -0.39 is 18.4 Å². The van der Waals surface area contributed by atoms with E-state index in [1.165, 1.54) is 56.4 Å². The monoisotopic (exact) mass is 398 g/mol. The van der Waals surface area contributed by atoms with Gasteiger partial charge in [0.25, 0.3) is 5.91 Å². The van der Waals surface area contributed by atoms with E-state index in [2.05, 4.69) is 15.4 Å². The Kier molecular flexibility index (Phi) is 9.13. The molecule has 2 amide bonds. The van der Waals surface area contributed by atoms with E-state index in [4.69, 9.17) is 0 Å². The first-order valence-corrected chi connectivity index (χ1v) is 9.69. The normalized spacial score (nSPS) is 15.9. The van der Waals surface area contributed by atoms with Crippen molar-refractivity contribution in [3.63, 3.8) is 0 Å². The second-order valence-corrected chi connectivity index (χ2v) is 7.15. The van der Waals surface area contributed by atoms with Crippen LogP contribution in [0.1, 0.15) is 48.9 Å². The molecule has 0 heterocycles. The number of alkyl halides is 2. The lowest BCUT2D eigenvalue weighted by molar-refractivity contribution is -0.120. The molecule has 0 aromatic heterocycles. The zero-order chi connectivity index (χ0) is 20.4. The third-order valence-electron chi connectivity index (χ3n) is 4.99. The highest BCUT2D eigenvalue weighted by molar-refractivity contribution is 5.98. The van der Waals surface area contributed by atoms with Crippen molar-refractivity contribution >= 4 is 11.8 Å². The Hall–Kier alpha value is -2.22. The Labute approximate surface area is 163 Å². The Bertz CT molecular complexity index is 636. The Balaban J connectivity index is 1.76. The van der Waals surface area contributed by atoms with Crippen molar-refractivity contribution in [3.05, 3.63) is 29.8 Å². The van der Waals surface area contributed by atoms with E-state index in [0.29, 0.717) is 12.5 Å². The number of benzene rings is 1. The van der Waals surface area contributed by atoms with Gasteiger partial charge in [-0.1, -0.05) is 44.2 Å². The molecule has 1 fully saturated rings. The third kappa shape index (κ3) is 7.42. The molecule has 28 heavy (non-hydrogen) atoms. The molecule has 0 saturated heterocycles. The van der Waals surface area contributed by atoms with Crippen molar-refractivity contribution in [1.82, 2.24) is 10.6 Å². The quantitative estimate of drug-likeness (QED) is 0.566. The molecular formula is C20H28F2N2O4. The summed E-state index contributed by atoms with van der Waals surface area (Å²) >= 11 is 0. The van der Waals surface area contributed by atoms with Crippen LogP contribution < -0.4 is 15.4 Å². The van der Waals surface area contributed by atoms with Crippen molar-refractivity contribution < 1.29 is 28.2 Å². The van der Waals surface area contributed by atoms with Crippen molar-refractivity contribution in [3.8, 4) is 5.75 Å². The van der Waals surface area contributed by atoms with Crippen molar-refractivity contribution in [2.75, 3.05) is 19.7 Å². The second kappa shape index (κ2) is 11.6. The van der Waals surface area contributed by atoms with E-state index in [0.717, 1.165) is 6.42 Å². The molecule has 2 rings (SSSR count). The molecule has 1 atom stereocenters. The lowest BCUT2D eigenvalue weighted by Gasteiger charge is -2.25. The summed E-state index contributed by atoms with van der Waals surface area (Å²) in [7, 11) is 0. The molecule has 0 radical (unpaired) electrons. The van der Waals surface area contributed by atoms with Gasteiger partial charge in [-0.3, -0.25) is 9.59 Å². The molecule has 0 spiro atoms. The minimum absolute atomic E-state index is 0.00147. The minimum Gasteiger partial charge on any atom is -0.434 e. The Morgan fingerprint density at radius 2 is 1.86 bits per heavy atom. The number of para-hydroxylation sites is 1. The fourth-order valence-corrected chi connectivity index (χ4v) is 3.55. The van der Waals surface area contributed by atoms with Crippen LogP contribution in [0.5, 0.6) is 5.75 Å². The molecule has 1 aliphatic carbocycles. The highest BCUT2D eigenvalue weighted by Gasteiger charge is 2.20. The molecule has 1 aromatic carbocycles. The van der Waals surface area contributed by atoms with Gasteiger partial charge >= 0.3 is 6.61 Å². The molecule has 0 aliphatic heterocycles. The van der Waals surface area contributed by atoms with E-state index >= 15 is 0 Å². The number of carbonyl (C=O) groups is 2. The standard InChI is InChI=1S/C20H28F2N2O4/c21-20(22)28-17-9-5-4-8-16(17)19(27)24-12-18(26)23-11-15(13-25)10-14-6-2-1-3-7-14/h4-5,8-9,14-15,20,25H,1-3,6-7,10-13H2,(H,23,26)(H,24,27)/t15-/m1/s1. The summed E-state index contributed by atoms with van der Waals surface area (Å²) in [5.74, 6) is -0.741. The van der Waals surface area contributed by atoms with Gasteiger partial charge in [-0.15, -0.1) is 0 Å². The number of hydrogen-bond acceptors (Lipinski definition) is 4. The maximum atomic E-state index is 12.4. The maximum absolute atomic E-state index is 12.4. The molecule has 1 saturated carbocycles. The number of ether oxygens (including phenoxy) is 1. The SMILES string of the molecule is O=C(CNC(=O)c1ccccc1OC(F)F)NC[C@H](CO)CC1CCCCC1. The van der Waals surface area contributed by atoms with Crippen LogP contribution in [0.4, 0.5) is 8.78 Å². The summed E-state index contributed by atoms with van der Waals surface area (Å²) in [6.07, 6.45) is 6.92. The summed E-state index contributed by atoms with van der Waals surface area (Å²) in [5.41, 5.74) is -0.0684. The van der Waals surface area contributed by atoms with Crippen LogP contribution in [0.2, 0.25) is 0 Å². The summed E-state index contributed by atoms with van der Waals surface area (Å²) in [5, 5.41) is 14.7. The smallest absolute Gasteiger partial charge is 0.387 e. The molecule has 1 aliphatic rings. The van der Waals surface area contributed by atoms with E-state index in [1.54, 1.807) is 0 Å². The van der Waals surface area contributed by atoms with Gasteiger partial charge in [0.2, 0.25) is 5.91 Å². The average molecular weight is 398 g/mol. The van der Waals surface area contributed by atoms with Gasteiger partial charge in [0.1, 0.15) is 5.75 Å². The first kappa shape index (κ1) is 22.1. The second-order valence-electron chi connectivity index (χ2n) is 7.15. The van der Waals surface area contributed by atoms with Gasteiger partial charge < -0.3 is 20.5 Å². The topological polar surface area (TPSA) is 87.7 Å². The molecule has 6 nitrogen and oxygen atoms in total. The van der Waals surface area contributed by atoms with Crippen molar-refractivity contribution in [1.29, 1.82) is 0 Å². The third-order valence-corrected chi connectivity index (χ3v) is 4.99. The van der Waals surface area contributed by atoms with Gasteiger partial charge in [0.15, 0.2) is 0 Å². The van der Waals surface area contributed by atoms with Crippen LogP contribution in [-0.2, 0) is 4.79 Å². The van der Waals surface area contributed by atoms with Crippen LogP contribution in [-0.4, -0.2) is 43.2 Å². The molecule has 156 valence electrons. The number of aliphatic hydroxyl groups is 1. The zero-order valence-corrected chi connectivity index (χ0v) is 15.8. The number of hydrogen-bond donors (Lipinski definition) is 3. The summed E-state index contributed by atoms with van der Waals surface area (Å²) in [6, 6.07) is 5.60. The number of rotatable bonds is 10. The summed E-state index contributed by atoms with van der Waals surface area (Å²) in [4.78, 5) is 24.1. The molecule has 0 unspecified atom stereocenters. The van der Waals surface area contributed by atoms with Crippen LogP contribution >= 0.6 is 0 Å². The predicted molar refractivity (Wildman–Crippen MR) is 100 cm³/mol. The first-order valence-electron chi connectivity index (χ1n) is 9.69. The van der Waals surface area contributed by atoms with Crippen LogP contribution in [0, 0.1) is 11.8 Å². The van der Waals surface area contributed by atoms with Gasteiger partial charge in [0, 0.05) is 13.2 Å². The highest BCUT2D eigenvalue weighted by atomic mass is 19.3. The largest absolute Gasteiger partial charge is 0.434 e. The fraction of sp³-hybridized carbons (Fsp3) is 0.600. The van der Waals surface area contributed by atoms with Crippen LogP contribution in [0.3, 0.4) is 0 Å². The average Bonchev–Trinajstić information content (AvgIpc) is 2.70. The first-order chi connectivity index (χ1) is 13.5. The number of amides is 2. The van der Waals surface area contributed by atoms with Crippen molar-refractivity contribution in [2.24, 2.45) is 11.8 Å². The minimum atomic E-state index is -3.04. The van der Waals surface area contributed by atoms with Crippen LogP contribution in [0.15, 0.2) is 24.3 Å². The highest BCUT2D eigenvalue weighted by Crippen LogP contribution is 2.28. The fourth-order valence-electron chi connectivity index (χ4n) is 3.55. The number of halogens is 2. The molecular weight excluding hydrogens is 370 g/mol. The Morgan fingerprint density at radius 3 is 2.54 bits per heavy atom. The molecule has 1 aromatic rings. The molecule has 8 heteroatoms. The Morgan fingerprint density at radius 1 is 1.14 bits per heavy atom. The predicted octanol–water partition coefficient (Wildman–Crippen LogP) is 2.71. The van der Waals surface area contributed by atoms with Gasteiger partial charge in [-0.05, 0) is 30.4 Å². The summed E-state index contributed by atoms with van der Waals surface area (Å²) in [6.45, 7) is -2.99. The lowest BCUT2D eigenvalue weighted by Crippen LogP contribution is -2.39. The van der Waals surface area contributed by atoms with E-state index in [1.807, 2.05) is 0 Å². The number of aliphatic hydroxyl groups excluding tert-OH is 1. The number of carbonyl (C=O) groups excluding carboxylic acids is 2. The van der Waals surface area contributed by atoms with Gasteiger partial charge in [-0.25, -0.2) is 0 Å². The molecule has 0 bridgehead atoms. The van der Waals surface area contributed by atoms with Crippen molar-refractivity contribution in [2.45, 2.75) is 45.1 Å². The summed E-state index contributed by atoms with van der Waals surface area (Å²) < 4.78 is 29.2. The molecule has 3 N–H and O–H groups in total. The number of nitrogens with one attached hydrogen (secondary N) is 2. The van der Waals surface area contributed by atoms with E-state index in [9.17, 15) is 23.5 Å². The van der Waals surface area contributed by atoms with Gasteiger partial charge in [-0.2, -0.15) is 8.78 Å². The lowest BCUT2D eigenvalue weighted by atomic mass is 9.83. The maximum Gasteiger partial charge on any atom is 0.387 e. The van der Waals surface area contributed by atoms with Crippen LogP contribution in [0.25, 0.3) is 0 Å². The van der Waals surface area contributed by atoms with Gasteiger partial charge in [0.05, 0.1) is 12.1 Å². The van der Waals surface area contributed by atoms with E-state index in [-0.39, 0.29) is 30.4 Å². The zero-order valence-electron chi connectivity index (χ0n) is 15.8.